The number of carbonyl (C=O) groups is 1. The molecule has 1 fully saturated rings. The van der Waals surface area contributed by atoms with E-state index < -0.39 is 0 Å². The zero-order chi connectivity index (χ0) is 15.4. The average molecular weight is 331 g/mol. The van der Waals surface area contributed by atoms with Crippen LogP contribution in [0, 0.1) is 0 Å². The molecule has 0 spiro atoms. The van der Waals surface area contributed by atoms with E-state index in [4.69, 9.17) is 33.7 Å². The van der Waals surface area contributed by atoms with Crippen molar-refractivity contribution in [1.82, 2.24) is 4.90 Å². The summed E-state index contributed by atoms with van der Waals surface area (Å²) in [5, 5.41) is 1.11. The minimum absolute atomic E-state index is 0.0935. The first-order valence-electron chi connectivity index (χ1n) is 7.03. The van der Waals surface area contributed by atoms with Crippen LogP contribution < -0.4 is 5.73 Å². The standard InChI is InChI=1S/C15H20Cl2N2O2/c1-21-8-7-19-14(20)4-2-3-13(18)15(19)11-6-5-10(16)9-12(11)17/h5-6,9,13,15H,2-4,7-8,18H2,1H3. The summed E-state index contributed by atoms with van der Waals surface area (Å²) in [4.78, 5) is 14.2. The van der Waals surface area contributed by atoms with Crippen LogP contribution in [0.15, 0.2) is 18.2 Å². The molecule has 1 amide bonds. The van der Waals surface area contributed by atoms with E-state index in [9.17, 15) is 4.79 Å². The first-order chi connectivity index (χ1) is 10.0. The molecule has 0 aromatic heterocycles. The molecule has 21 heavy (non-hydrogen) atoms. The molecule has 6 heteroatoms. The van der Waals surface area contributed by atoms with Gasteiger partial charge in [-0.2, -0.15) is 0 Å². The molecule has 1 heterocycles. The van der Waals surface area contributed by atoms with Gasteiger partial charge in [0.1, 0.15) is 0 Å². The second kappa shape index (κ2) is 7.45. The van der Waals surface area contributed by atoms with E-state index in [2.05, 4.69) is 0 Å². The maximum Gasteiger partial charge on any atom is 0.223 e. The Bertz CT molecular complexity index is 510. The number of ether oxygens (including phenoxy) is 1. The summed E-state index contributed by atoms with van der Waals surface area (Å²) in [7, 11) is 1.62. The van der Waals surface area contributed by atoms with Crippen molar-refractivity contribution in [2.45, 2.75) is 31.3 Å². The first-order valence-corrected chi connectivity index (χ1v) is 7.79. The molecule has 116 valence electrons. The van der Waals surface area contributed by atoms with Crippen molar-refractivity contribution in [3.05, 3.63) is 33.8 Å². The third-order valence-corrected chi connectivity index (χ3v) is 4.37. The molecule has 0 saturated carbocycles. The number of amides is 1. The Morgan fingerprint density at radius 1 is 1.43 bits per heavy atom. The van der Waals surface area contributed by atoms with Crippen molar-refractivity contribution in [3.8, 4) is 0 Å². The molecule has 0 aliphatic carbocycles. The Kier molecular flexibility index (Phi) is 5.88. The van der Waals surface area contributed by atoms with E-state index >= 15 is 0 Å². The molecular formula is C15H20Cl2N2O2. The predicted molar refractivity (Wildman–Crippen MR) is 84.6 cm³/mol. The monoisotopic (exact) mass is 330 g/mol. The first kappa shape index (κ1) is 16.6. The second-order valence-corrected chi connectivity index (χ2v) is 6.09. The minimum atomic E-state index is -0.236. The average Bonchev–Trinajstić information content (AvgIpc) is 2.56. The highest BCUT2D eigenvalue weighted by atomic mass is 35.5. The molecule has 1 aromatic carbocycles. The Morgan fingerprint density at radius 2 is 2.19 bits per heavy atom. The largest absolute Gasteiger partial charge is 0.383 e. The molecule has 0 radical (unpaired) electrons. The molecule has 1 saturated heterocycles. The molecule has 0 bridgehead atoms. The zero-order valence-electron chi connectivity index (χ0n) is 12.0. The normalized spacial score (nSPS) is 23.2. The highest BCUT2D eigenvalue weighted by molar-refractivity contribution is 6.35. The van der Waals surface area contributed by atoms with Crippen LogP contribution in [-0.2, 0) is 9.53 Å². The lowest BCUT2D eigenvalue weighted by atomic mass is 9.96. The van der Waals surface area contributed by atoms with Crippen molar-refractivity contribution >= 4 is 29.1 Å². The summed E-state index contributed by atoms with van der Waals surface area (Å²) in [6.07, 6.45) is 2.10. The number of halogens is 2. The summed E-state index contributed by atoms with van der Waals surface area (Å²) in [6.45, 7) is 0.979. The second-order valence-electron chi connectivity index (χ2n) is 5.25. The van der Waals surface area contributed by atoms with Crippen LogP contribution in [0.3, 0.4) is 0 Å². The third kappa shape index (κ3) is 3.89. The van der Waals surface area contributed by atoms with Crippen LogP contribution in [0.1, 0.15) is 30.9 Å². The number of likely N-dealkylation sites (tertiary alicyclic amines) is 1. The number of benzene rings is 1. The van der Waals surface area contributed by atoms with Gasteiger partial charge in [0.05, 0.1) is 12.6 Å². The minimum Gasteiger partial charge on any atom is -0.383 e. The van der Waals surface area contributed by atoms with Gasteiger partial charge in [-0.25, -0.2) is 0 Å². The number of hydrogen-bond donors (Lipinski definition) is 1. The fraction of sp³-hybridized carbons (Fsp3) is 0.533. The fourth-order valence-corrected chi connectivity index (χ4v) is 3.29. The molecule has 1 aliphatic rings. The zero-order valence-corrected chi connectivity index (χ0v) is 13.5. The summed E-state index contributed by atoms with van der Waals surface area (Å²) in [6, 6.07) is 4.94. The molecule has 2 unspecified atom stereocenters. The van der Waals surface area contributed by atoms with Gasteiger partial charge in [-0.3, -0.25) is 4.79 Å². The summed E-state index contributed by atoms with van der Waals surface area (Å²) >= 11 is 12.3. The number of methoxy groups -OCH3 is 1. The van der Waals surface area contributed by atoms with E-state index in [0.29, 0.717) is 29.6 Å². The number of hydrogen-bond acceptors (Lipinski definition) is 3. The van der Waals surface area contributed by atoms with Crippen molar-refractivity contribution in [1.29, 1.82) is 0 Å². The molecule has 4 nitrogen and oxygen atoms in total. The smallest absolute Gasteiger partial charge is 0.223 e. The Hall–Kier alpha value is -0.810. The topological polar surface area (TPSA) is 55.6 Å². The number of carbonyl (C=O) groups excluding carboxylic acids is 1. The SMILES string of the molecule is COCCN1C(=O)CCCC(N)C1c1ccc(Cl)cc1Cl. The molecule has 2 atom stereocenters. The van der Waals surface area contributed by atoms with Crippen LogP contribution in [0.4, 0.5) is 0 Å². The highest BCUT2D eigenvalue weighted by Crippen LogP contribution is 2.35. The van der Waals surface area contributed by atoms with E-state index in [-0.39, 0.29) is 18.0 Å². The van der Waals surface area contributed by atoms with E-state index in [1.165, 1.54) is 0 Å². The molecule has 1 aromatic rings. The van der Waals surface area contributed by atoms with E-state index in [1.807, 2.05) is 6.07 Å². The van der Waals surface area contributed by atoms with Crippen LogP contribution >= 0.6 is 23.2 Å². The van der Waals surface area contributed by atoms with Gasteiger partial charge < -0.3 is 15.4 Å². The lowest BCUT2D eigenvalue weighted by molar-refractivity contribution is -0.134. The predicted octanol–water partition coefficient (Wildman–Crippen LogP) is 3.02. The number of nitrogens with zero attached hydrogens (tertiary/aromatic N) is 1. The highest BCUT2D eigenvalue weighted by Gasteiger charge is 2.33. The van der Waals surface area contributed by atoms with Crippen molar-refractivity contribution in [2.24, 2.45) is 5.73 Å². The Morgan fingerprint density at radius 3 is 2.86 bits per heavy atom. The third-order valence-electron chi connectivity index (χ3n) is 3.81. The molecule has 2 N–H and O–H groups in total. The van der Waals surface area contributed by atoms with Gasteiger partial charge in [0.2, 0.25) is 5.91 Å². The lowest BCUT2D eigenvalue weighted by Gasteiger charge is -2.34. The van der Waals surface area contributed by atoms with Crippen LogP contribution in [0.2, 0.25) is 10.0 Å². The maximum absolute atomic E-state index is 12.4. The van der Waals surface area contributed by atoms with Crippen molar-refractivity contribution in [3.63, 3.8) is 0 Å². The van der Waals surface area contributed by atoms with Gasteiger partial charge in [-0.1, -0.05) is 29.3 Å². The van der Waals surface area contributed by atoms with Gasteiger partial charge in [-0.15, -0.1) is 0 Å². The van der Waals surface area contributed by atoms with Gasteiger partial charge in [0.25, 0.3) is 0 Å². The van der Waals surface area contributed by atoms with E-state index in [0.717, 1.165) is 18.4 Å². The lowest BCUT2D eigenvalue weighted by Crippen LogP contribution is -2.43. The summed E-state index contributed by atoms with van der Waals surface area (Å²) in [5.74, 6) is 0.0935. The van der Waals surface area contributed by atoms with Crippen molar-refractivity contribution in [2.75, 3.05) is 20.3 Å². The van der Waals surface area contributed by atoms with Crippen LogP contribution in [0.25, 0.3) is 0 Å². The quantitative estimate of drug-likeness (QED) is 0.923. The maximum atomic E-state index is 12.4. The van der Waals surface area contributed by atoms with Gasteiger partial charge in [0, 0.05) is 36.2 Å². The summed E-state index contributed by atoms with van der Waals surface area (Å²) in [5.41, 5.74) is 7.16. The van der Waals surface area contributed by atoms with Gasteiger partial charge >= 0.3 is 0 Å². The van der Waals surface area contributed by atoms with Crippen LogP contribution in [0.5, 0.6) is 0 Å². The number of nitrogens with two attached hydrogens (primary N) is 1. The number of rotatable bonds is 4. The van der Waals surface area contributed by atoms with E-state index in [1.54, 1.807) is 24.1 Å². The molecule has 1 aliphatic heterocycles. The van der Waals surface area contributed by atoms with Gasteiger partial charge in [0.15, 0.2) is 0 Å². The van der Waals surface area contributed by atoms with Gasteiger partial charge in [-0.05, 0) is 30.5 Å². The van der Waals surface area contributed by atoms with Crippen molar-refractivity contribution < 1.29 is 9.53 Å². The van der Waals surface area contributed by atoms with Crippen LogP contribution in [-0.4, -0.2) is 37.1 Å². The molecular weight excluding hydrogens is 311 g/mol. The fourth-order valence-electron chi connectivity index (χ4n) is 2.77. The molecule has 2 rings (SSSR count). The Labute approximate surface area is 135 Å². The Balaban J connectivity index is 2.38. The summed E-state index contributed by atoms with van der Waals surface area (Å²) < 4.78 is 5.11.